The standard InChI is InChI=1S/C13H10FNO2/c1-3-6-15-11-5-4-9(14)7-10(11)8(2)12(15)13(16)17/h1,4-5,7H,6H2,2H3,(H,16,17). The molecule has 4 heteroatoms. The zero-order valence-electron chi connectivity index (χ0n) is 9.20. The molecule has 2 aromatic rings. The van der Waals surface area contributed by atoms with Gasteiger partial charge in [-0.1, -0.05) is 5.92 Å². The highest BCUT2D eigenvalue weighted by Crippen LogP contribution is 2.26. The summed E-state index contributed by atoms with van der Waals surface area (Å²) in [4.78, 5) is 11.2. The van der Waals surface area contributed by atoms with E-state index in [0.717, 1.165) is 0 Å². The first-order valence-electron chi connectivity index (χ1n) is 5.01. The summed E-state index contributed by atoms with van der Waals surface area (Å²) in [6.45, 7) is 1.80. The molecule has 0 aliphatic heterocycles. The van der Waals surface area contributed by atoms with Crippen LogP contribution in [0.15, 0.2) is 18.2 Å². The van der Waals surface area contributed by atoms with Gasteiger partial charge < -0.3 is 9.67 Å². The number of aromatic nitrogens is 1. The third kappa shape index (κ3) is 1.66. The zero-order chi connectivity index (χ0) is 12.6. The van der Waals surface area contributed by atoms with E-state index in [4.69, 9.17) is 11.5 Å². The lowest BCUT2D eigenvalue weighted by Gasteiger charge is -2.03. The molecule has 1 aromatic heterocycles. The van der Waals surface area contributed by atoms with Crippen molar-refractivity contribution in [3.8, 4) is 12.3 Å². The van der Waals surface area contributed by atoms with E-state index in [9.17, 15) is 9.18 Å². The van der Waals surface area contributed by atoms with Crippen LogP contribution in [0.5, 0.6) is 0 Å². The molecule has 3 nitrogen and oxygen atoms in total. The van der Waals surface area contributed by atoms with Gasteiger partial charge in [0.1, 0.15) is 11.5 Å². The molecule has 17 heavy (non-hydrogen) atoms. The van der Waals surface area contributed by atoms with Crippen LogP contribution < -0.4 is 0 Å². The lowest BCUT2D eigenvalue weighted by Crippen LogP contribution is -2.08. The van der Waals surface area contributed by atoms with Crippen molar-refractivity contribution in [1.29, 1.82) is 0 Å². The van der Waals surface area contributed by atoms with Gasteiger partial charge in [-0.05, 0) is 30.7 Å². The number of benzene rings is 1. The Balaban J connectivity index is 2.88. The molecule has 0 saturated heterocycles. The van der Waals surface area contributed by atoms with Crippen LogP contribution in [0.3, 0.4) is 0 Å². The molecular formula is C13H10FNO2. The summed E-state index contributed by atoms with van der Waals surface area (Å²) in [6, 6.07) is 4.16. The quantitative estimate of drug-likeness (QED) is 0.806. The Morgan fingerprint density at radius 2 is 2.29 bits per heavy atom. The number of fused-ring (bicyclic) bond motifs is 1. The number of carboxylic acid groups (broad SMARTS) is 1. The molecule has 0 aliphatic rings. The average molecular weight is 231 g/mol. The third-order valence-electron chi connectivity index (χ3n) is 2.73. The van der Waals surface area contributed by atoms with Crippen LogP contribution in [0.1, 0.15) is 16.1 Å². The molecule has 1 N–H and O–H groups in total. The molecule has 0 bridgehead atoms. The van der Waals surface area contributed by atoms with Crippen molar-refractivity contribution in [1.82, 2.24) is 4.57 Å². The van der Waals surface area contributed by atoms with E-state index in [-0.39, 0.29) is 12.2 Å². The molecule has 0 saturated carbocycles. The van der Waals surface area contributed by atoms with Crippen LogP contribution in [0, 0.1) is 25.1 Å². The molecule has 0 atom stereocenters. The van der Waals surface area contributed by atoms with Gasteiger partial charge in [-0.25, -0.2) is 9.18 Å². The number of aryl methyl sites for hydroxylation is 1. The SMILES string of the molecule is C#CCn1c(C(=O)O)c(C)c2cc(F)ccc21. The zero-order valence-corrected chi connectivity index (χ0v) is 9.20. The van der Waals surface area contributed by atoms with Crippen LogP contribution in [0.2, 0.25) is 0 Å². The Morgan fingerprint density at radius 1 is 1.59 bits per heavy atom. The molecule has 1 aromatic carbocycles. The first-order chi connectivity index (χ1) is 8.06. The molecular weight excluding hydrogens is 221 g/mol. The largest absolute Gasteiger partial charge is 0.477 e. The van der Waals surface area contributed by atoms with Crippen molar-refractivity contribution in [2.24, 2.45) is 0 Å². The predicted octanol–water partition coefficient (Wildman–Crippen LogP) is 2.42. The van der Waals surface area contributed by atoms with Crippen molar-refractivity contribution in [2.45, 2.75) is 13.5 Å². The van der Waals surface area contributed by atoms with E-state index in [2.05, 4.69) is 5.92 Å². The Hall–Kier alpha value is -2.28. The summed E-state index contributed by atoms with van der Waals surface area (Å²) < 4.78 is 14.7. The average Bonchev–Trinajstić information content (AvgIpc) is 2.53. The second-order valence-corrected chi connectivity index (χ2v) is 3.73. The monoisotopic (exact) mass is 231 g/mol. The van der Waals surface area contributed by atoms with Gasteiger partial charge in [0.15, 0.2) is 0 Å². The Labute approximate surface area is 97.5 Å². The predicted molar refractivity (Wildman–Crippen MR) is 62.4 cm³/mol. The van der Waals surface area contributed by atoms with Crippen LogP contribution >= 0.6 is 0 Å². The number of carbonyl (C=O) groups is 1. The molecule has 0 aliphatic carbocycles. The smallest absolute Gasteiger partial charge is 0.352 e. The van der Waals surface area contributed by atoms with Crippen molar-refractivity contribution < 1.29 is 14.3 Å². The van der Waals surface area contributed by atoms with E-state index in [0.29, 0.717) is 16.5 Å². The third-order valence-corrected chi connectivity index (χ3v) is 2.73. The molecule has 0 fully saturated rings. The molecule has 0 radical (unpaired) electrons. The van der Waals surface area contributed by atoms with Crippen LogP contribution in [0.4, 0.5) is 4.39 Å². The summed E-state index contributed by atoms with van der Waals surface area (Å²) in [5.74, 6) is 0.951. The number of rotatable bonds is 2. The first kappa shape index (κ1) is 11.2. The van der Waals surface area contributed by atoms with Gasteiger partial charge in [-0.15, -0.1) is 6.42 Å². The molecule has 86 valence electrons. The summed E-state index contributed by atoms with van der Waals surface area (Å²) in [5, 5.41) is 9.74. The van der Waals surface area contributed by atoms with Crippen LogP contribution in [-0.4, -0.2) is 15.6 Å². The lowest BCUT2D eigenvalue weighted by atomic mass is 10.1. The maximum atomic E-state index is 13.1. The normalized spacial score (nSPS) is 10.4. The maximum absolute atomic E-state index is 13.1. The van der Waals surface area contributed by atoms with E-state index in [1.165, 1.54) is 16.7 Å². The number of hydrogen-bond donors (Lipinski definition) is 1. The molecule has 2 rings (SSSR count). The summed E-state index contributed by atoms with van der Waals surface area (Å²) in [5.41, 5.74) is 1.28. The van der Waals surface area contributed by atoms with Crippen molar-refractivity contribution in [3.05, 3.63) is 35.3 Å². The minimum absolute atomic E-state index is 0.114. The second-order valence-electron chi connectivity index (χ2n) is 3.73. The summed E-state index contributed by atoms with van der Waals surface area (Å²) >= 11 is 0. The Bertz CT molecular complexity index is 649. The van der Waals surface area contributed by atoms with Gasteiger partial charge in [0, 0.05) is 5.39 Å². The second kappa shape index (κ2) is 3.95. The maximum Gasteiger partial charge on any atom is 0.352 e. The lowest BCUT2D eigenvalue weighted by molar-refractivity contribution is 0.0685. The van der Waals surface area contributed by atoms with Gasteiger partial charge >= 0.3 is 5.97 Å². The highest BCUT2D eigenvalue weighted by molar-refractivity contribution is 5.98. The molecule has 0 amide bonds. The number of carboxylic acids is 1. The van der Waals surface area contributed by atoms with Gasteiger partial charge in [0.2, 0.25) is 0 Å². The Morgan fingerprint density at radius 3 is 2.88 bits per heavy atom. The highest BCUT2D eigenvalue weighted by atomic mass is 19.1. The minimum Gasteiger partial charge on any atom is -0.477 e. The van der Waals surface area contributed by atoms with E-state index in [1.807, 2.05) is 0 Å². The van der Waals surface area contributed by atoms with Gasteiger partial charge in [0.25, 0.3) is 0 Å². The fourth-order valence-corrected chi connectivity index (χ4v) is 2.03. The van der Waals surface area contributed by atoms with Gasteiger partial charge in [-0.3, -0.25) is 0 Å². The number of halogens is 1. The molecule has 1 heterocycles. The molecule has 0 unspecified atom stereocenters. The van der Waals surface area contributed by atoms with Gasteiger partial charge in [-0.2, -0.15) is 0 Å². The fourth-order valence-electron chi connectivity index (χ4n) is 2.03. The van der Waals surface area contributed by atoms with E-state index < -0.39 is 11.8 Å². The number of aromatic carboxylic acids is 1. The van der Waals surface area contributed by atoms with Crippen molar-refractivity contribution in [3.63, 3.8) is 0 Å². The Kier molecular flexibility index (Phi) is 2.60. The number of hydrogen-bond acceptors (Lipinski definition) is 1. The number of terminal acetylenes is 1. The van der Waals surface area contributed by atoms with Crippen LogP contribution in [0.25, 0.3) is 10.9 Å². The summed E-state index contributed by atoms with van der Waals surface area (Å²) in [6.07, 6.45) is 5.22. The van der Waals surface area contributed by atoms with E-state index in [1.54, 1.807) is 13.0 Å². The van der Waals surface area contributed by atoms with E-state index >= 15 is 0 Å². The fraction of sp³-hybridized carbons (Fsp3) is 0.154. The van der Waals surface area contributed by atoms with Gasteiger partial charge in [0.05, 0.1) is 12.1 Å². The first-order valence-corrected chi connectivity index (χ1v) is 5.01. The van der Waals surface area contributed by atoms with Crippen molar-refractivity contribution >= 4 is 16.9 Å². The minimum atomic E-state index is -1.06. The highest BCUT2D eigenvalue weighted by Gasteiger charge is 2.19. The molecule has 0 spiro atoms. The summed E-state index contributed by atoms with van der Waals surface area (Å²) in [7, 11) is 0. The van der Waals surface area contributed by atoms with Crippen LogP contribution in [-0.2, 0) is 6.54 Å². The topological polar surface area (TPSA) is 42.2 Å². The van der Waals surface area contributed by atoms with Crippen molar-refractivity contribution in [2.75, 3.05) is 0 Å². The number of nitrogens with zero attached hydrogens (tertiary/aromatic N) is 1.